The number of hydrogen-bond acceptors (Lipinski definition) is 3. The lowest BCUT2D eigenvalue weighted by Gasteiger charge is -2.12. The molecule has 116 valence electrons. The Hall–Kier alpha value is -3.01. The van der Waals surface area contributed by atoms with E-state index in [-0.39, 0.29) is 11.8 Å². The Morgan fingerprint density at radius 3 is 2.17 bits per heavy atom. The minimum atomic E-state index is -0.156. The highest BCUT2D eigenvalue weighted by atomic mass is 16.3. The van der Waals surface area contributed by atoms with Gasteiger partial charge in [0.15, 0.2) is 0 Å². The van der Waals surface area contributed by atoms with Crippen molar-refractivity contribution in [2.24, 2.45) is 0 Å². The highest BCUT2D eigenvalue weighted by molar-refractivity contribution is 5.91. The molecule has 1 N–H and O–H groups in total. The van der Waals surface area contributed by atoms with Crippen molar-refractivity contribution >= 4 is 12.0 Å². The zero-order valence-electron chi connectivity index (χ0n) is 12.5. The van der Waals surface area contributed by atoms with Crippen LogP contribution in [0.15, 0.2) is 82.0 Å². The molecule has 4 heteroatoms. The molecule has 0 aliphatic heterocycles. The molecule has 3 aromatic rings. The molecule has 0 spiro atoms. The van der Waals surface area contributed by atoms with Gasteiger partial charge in [0.25, 0.3) is 0 Å². The Bertz CT molecular complexity index is 709. The summed E-state index contributed by atoms with van der Waals surface area (Å²) < 4.78 is 10.9. The fraction of sp³-hybridized carbons (Fsp3) is 0.105. The van der Waals surface area contributed by atoms with Gasteiger partial charge in [-0.3, -0.25) is 4.79 Å². The molecule has 0 saturated heterocycles. The van der Waals surface area contributed by atoms with Crippen LogP contribution < -0.4 is 5.32 Å². The maximum Gasteiger partial charge on any atom is 0.244 e. The Labute approximate surface area is 134 Å². The van der Waals surface area contributed by atoms with Crippen molar-refractivity contribution in [2.45, 2.75) is 5.92 Å². The smallest absolute Gasteiger partial charge is 0.244 e. The van der Waals surface area contributed by atoms with E-state index in [1.54, 1.807) is 18.6 Å². The summed E-state index contributed by atoms with van der Waals surface area (Å²) in [5.41, 5.74) is 0.983. The van der Waals surface area contributed by atoms with Crippen LogP contribution in [-0.2, 0) is 4.79 Å². The fourth-order valence-electron chi connectivity index (χ4n) is 2.32. The van der Waals surface area contributed by atoms with Crippen LogP contribution in [0.2, 0.25) is 0 Å². The Balaban J connectivity index is 1.63. The molecule has 0 radical (unpaired) electrons. The lowest BCUT2D eigenvalue weighted by atomic mass is 10.0. The summed E-state index contributed by atoms with van der Waals surface area (Å²) >= 11 is 0. The quantitative estimate of drug-likeness (QED) is 0.704. The van der Waals surface area contributed by atoms with E-state index in [9.17, 15) is 4.79 Å². The topological polar surface area (TPSA) is 55.4 Å². The molecule has 2 aromatic heterocycles. The summed E-state index contributed by atoms with van der Waals surface area (Å²) in [5.74, 6) is 1.21. The lowest BCUT2D eigenvalue weighted by molar-refractivity contribution is -0.116. The molecular weight excluding hydrogens is 290 g/mol. The minimum Gasteiger partial charge on any atom is -0.469 e. The van der Waals surface area contributed by atoms with Crippen LogP contribution in [0.1, 0.15) is 23.0 Å². The van der Waals surface area contributed by atoms with Gasteiger partial charge in [-0.25, -0.2) is 0 Å². The average molecular weight is 307 g/mol. The molecule has 0 saturated carbocycles. The number of hydrogen-bond donors (Lipinski definition) is 1. The zero-order chi connectivity index (χ0) is 15.9. The largest absolute Gasteiger partial charge is 0.469 e. The molecular formula is C19H17NO3. The fourth-order valence-corrected chi connectivity index (χ4v) is 2.32. The maximum absolute atomic E-state index is 12.0. The predicted molar refractivity (Wildman–Crippen MR) is 87.7 cm³/mol. The summed E-state index contributed by atoms with van der Waals surface area (Å²) in [4.78, 5) is 12.0. The van der Waals surface area contributed by atoms with Gasteiger partial charge in [-0.1, -0.05) is 30.3 Å². The van der Waals surface area contributed by atoms with E-state index >= 15 is 0 Å². The third-order valence-corrected chi connectivity index (χ3v) is 3.48. The highest BCUT2D eigenvalue weighted by Crippen LogP contribution is 2.24. The van der Waals surface area contributed by atoms with E-state index in [0.29, 0.717) is 6.54 Å². The number of carbonyl (C=O) groups is 1. The van der Waals surface area contributed by atoms with Crippen molar-refractivity contribution in [1.29, 1.82) is 0 Å². The van der Waals surface area contributed by atoms with Crippen LogP contribution in [0.5, 0.6) is 0 Å². The zero-order valence-corrected chi connectivity index (χ0v) is 12.5. The van der Waals surface area contributed by atoms with E-state index in [4.69, 9.17) is 8.83 Å². The van der Waals surface area contributed by atoms with Gasteiger partial charge in [0.2, 0.25) is 5.91 Å². The van der Waals surface area contributed by atoms with Crippen molar-refractivity contribution in [1.82, 2.24) is 5.32 Å². The van der Waals surface area contributed by atoms with Crippen molar-refractivity contribution in [3.8, 4) is 0 Å². The van der Waals surface area contributed by atoms with Crippen molar-refractivity contribution in [3.63, 3.8) is 0 Å². The van der Waals surface area contributed by atoms with Gasteiger partial charge in [0.1, 0.15) is 11.5 Å². The third-order valence-electron chi connectivity index (χ3n) is 3.48. The monoisotopic (exact) mass is 307 g/mol. The summed E-state index contributed by atoms with van der Waals surface area (Å²) in [6, 6.07) is 17.1. The molecule has 0 unspecified atom stereocenters. The molecule has 0 fully saturated rings. The van der Waals surface area contributed by atoms with E-state index in [0.717, 1.165) is 17.1 Å². The standard InChI is InChI=1S/C19H17NO3/c21-19(11-10-15-6-2-1-3-7-15)20-14-16(17-8-4-12-22-17)18-9-5-13-23-18/h1-13,16H,14H2,(H,20,21). The van der Waals surface area contributed by atoms with Crippen LogP contribution in [0.25, 0.3) is 6.08 Å². The molecule has 1 amide bonds. The first-order valence-corrected chi connectivity index (χ1v) is 7.40. The molecule has 0 aliphatic rings. The van der Waals surface area contributed by atoms with Crippen LogP contribution in [0.4, 0.5) is 0 Å². The highest BCUT2D eigenvalue weighted by Gasteiger charge is 2.20. The summed E-state index contributed by atoms with van der Waals surface area (Å²) in [6.07, 6.45) is 6.53. The Kier molecular flexibility index (Phi) is 4.74. The number of nitrogens with one attached hydrogen (secondary N) is 1. The van der Waals surface area contributed by atoms with Gasteiger partial charge in [0, 0.05) is 12.6 Å². The number of carbonyl (C=O) groups excluding carboxylic acids is 1. The SMILES string of the molecule is O=C(C=Cc1ccccc1)NCC(c1ccco1)c1ccco1. The van der Waals surface area contributed by atoms with E-state index in [1.165, 1.54) is 6.08 Å². The molecule has 0 aliphatic carbocycles. The van der Waals surface area contributed by atoms with Gasteiger partial charge < -0.3 is 14.2 Å². The van der Waals surface area contributed by atoms with Crippen molar-refractivity contribution in [2.75, 3.05) is 6.54 Å². The van der Waals surface area contributed by atoms with Crippen LogP contribution in [-0.4, -0.2) is 12.5 Å². The second-order valence-corrected chi connectivity index (χ2v) is 5.07. The molecule has 1 aromatic carbocycles. The normalized spacial score (nSPS) is 11.2. The first-order valence-electron chi connectivity index (χ1n) is 7.40. The predicted octanol–water partition coefficient (Wildman–Crippen LogP) is 3.83. The second kappa shape index (κ2) is 7.31. The minimum absolute atomic E-state index is 0.144. The first kappa shape index (κ1) is 14.9. The number of benzene rings is 1. The summed E-state index contributed by atoms with van der Waals surface area (Å²) in [5, 5.41) is 2.88. The molecule has 0 atom stereocenters. The third kappa shape index (κ3) is 4.01. The van der Waals surface area contributed by atoms with Gasteiger partial charge in [0.05, 0.1) is 18.4 Å². The molecule has 2 heterocycles. The number of furan rings is 2. The van der Waals surface area contributed by atoms with Crippen LogP contribution in [0, 0.1) is 0 Å². The first-order chi connectivity index (χ1) is 11.3. The Morgan fingerprint density at radius 2 is 1.61 bits per heavy atom. The Morgan fingerprint density at radius 1 is 0.957 bits per heavy atom. The molecule has 3 rings (SSSR count). The van der Waals surface area contributed by atoms with E-state index in [1.807, 2.05) is 54.6 Å². The van der Waals surface area contributed by atoms with E-state index in [2.05, 4.69) is 5.32 Å². The van der Waals surface area contributed by atoms with Gasteiger partial charge in [-0.05, 0) is 35.9 Å². The van der Waals surface area contributed by atoms with Gasteiger partial charge >= 0.3 is 0 Å². The van der Waals surface area contributed by atoms with Gasteiger partial charge in [-0.15, -0.1) is 0 Å². The maximum atomic E-state index is 12.0. The second-order valence-electron chi connectivity index (χ2n) is 5.07. The van der Waals surface area contributed by atoms with E-state index < -0.39 is 0 Å². The molecule has 23 heavy (non-hydrogen) atoms. The number of amides is 1. The number of rotatable bonds is 6. The van der Waals surface area contributed by atoms with Crippen molar-refractivity contribution < 1.29 is 13.6 Å². The molecule has 4 nitrogen and oxygen atoms in total. The van der Waals surface area contributed by atoms with Gasteiger partial charge in [-0.2, -0.15) is 0 Å². The van der Waals surface area contributed by atoms with Crippen LogP contribution in [0.3, 0.4) is 0 Å². The van der Waals surface area contributed by atoms with Crippen LogP contribution >= 0.6 is 0 Å². The van der Waals surface area contributed by atoms with Crippen molar-refractivity contribution in [3.05, 3.63) is 90.3 Å². The lowest BCUT2D eigenvalue weighted by Crippen LogP contribution is -2.27. The molecule has 0 bridgehead atoms. The average Bonchev–Trinajstić information content (AvgIpc) is 3.28. The summed E-state index contributed by atoms with van der Waals surface area (Å²) in [6.45, 7) is 0.402. The summed E-state index contributed by atoms with van der Waals surface area (Å²) in [7, 11) is 0.